The van der Waals surface area contributed by atoms with Crippen molar-refractivity contribution < 1.29 is 29.0 Å². The van der Waals surface area contributed by atoms with Crippen molar-refractivity contribution in [1.29, 1.82) is 0 Å². The molecule has 2 saturated carbocycles. The second kappa shape index (κ2) is 12.7. The highest BCUT2D eigenvalue weighted by molar-refractivity contribution is 5.85. The molecule has 35 heavy (non-hydrogen) atoms. The van der Waals surface area contributed by atoms with Gasteiger partial charge in [0.1, 0.15) is 6.04 Å². The Morgan fingerprint density at radius 1 is 0.857 bits per heavy atom. The number of hydrogen-bond acceptors (Lipinski definition) is 6. The number of aliphatic carboxylic acids is 1. The third-order valence-corrected chi connectivity index (χ3v) is 7.49. The summed E-state index contributed by atoms with van der Waals surface area (Å²) in [5, 5.41) is 9.14. The van der Waals surface area contributed by atoms with E-state index in [9.17, 15) is 14.4 Å². The number of benzene rings is 1. The van der Waals surface area contributed by atoms with E-state index in [2.05, 4.69) is 13.8 Å². The summed E-state index contributed by atoms with van der Waals surface area (Å²) in [5.41, 5.74) is 6.12. The number of carbonyl (C=O) groups excluding carboxylic acids is 2. The second-order valence-corrected chi connectivity index (χ2v) is 11.0. The number of carbonyl (C=O) groups is 3. The standard InChI is InChI=1S/C27H39NO6.ClH/c1-26(11-5-3-6-12-26)17-23(29)33-21-10-9-19(15-20(28)25(31)32)16-22(21)34-24(30)18-27(2)13-7-4-8-14-27;/h9-10,16,20H,3-8,11-15,17-18,28H2,1-2H3,(H,31,32);1H/t20-;/m0./s1. The highest BCUT2D eigenvalue weighted by Crippen LogP contribution is 2.41. The Morgan fingerprint density at radius 3 is 1.77 bits per heavy atom. The van der Waals surface area contributed by atoms with E-state index in [0.717, 1.165) is 51.4 Å². The van der Waals surface area contributed by atoms with Crippen molar-refractivity contribution >= 4 is 30.3 Å². The van der Waals surface area contributed by atoms with Crippen LogP contribution in [0.15, 0.2) is 18.2 Å². The van der Waals surface area contributed by atoms with E-state index >= 15 is 0 Å². The van der Waals surface area contributed by atoms with Crippen LogP contribution in [-0.4, -0.2) is 29.1 Å². The van der Waals surface area contributed by atoms with Gasteiger partial charge in [0.25, 0.3) is 0 Å². The van der Waals surface area contributed by atoms with Gasteiger partial charge in [-0.05, 0) is 60.6 Å². The molecule has 0 unspecified atom stereocenters. The lowest BCUT2D eigenvalue weighted by Crippen LogP contribution is -2.32. The largest absolute Gasteiger partial charge is 0.480 e. The lowest BCUT2D eigenvalue weighted by molar-refractivity contribution is -0.140. The first-order valence-electron chi connectivity index (χ1n) is 12.6. The molecule has 3 rings (SSSR count). The average molecular weight is 510 g/mol. The Hall–Kier alpha value is -2.12. The fourth-order valence-corrected chi connectivity index (χ4v) is 5.36. The van der Waals surface area contributed by atoms with Crippen LogP contribution in [-0.2, 0) is 20.8 Å². The molecule has 1 aromatic rings. The number of carboxylic acids is 1. The minimum absolute atomic E-state index is 0. The summed E-state index contributed by atoms with van der Waals surface area (Å²) in [6, 6.07) is 3.71. The van der Waals surface area contributed by atoms with Crippen molar-refractivity contribution in [1.82, 2.24) is 0 Å². The van der Waals surface area contributed by atoms with Gasteiger partial charge in [0.15, 0.2) is 11.5 Å². The van der Waals surface area contributed by atoms with E-state index in [0.29, 0.717) is 12.0 Å². The number of nitrogens with two attached hydrogens (primary N) is 1. The Labute approximate surface area is 214 Å². The lowest BCUT2D eigenvalue weighted by Gasteiger charge is -2.33. The van der Waals surface area contributed by atoms with Crippen LogP contribution >= 0.6 is 12.4 Å². The average Bonchev–Trinajstić information content (AvgIpc) is 2.75. The van der Waals surface area contributed by atoms with E-state index in [1.807, 2.05) is 0 Å². The van der Waals surface area contributed by atoms with Gasteiger partial charge in [-0.2, -0.15) is 0 Å². The van der Waals surface area contributed by atoms with Crippen molar-refractivity contribution in [2.45, 2.75) is 103 Å². The molecule has 1 atom stereocenters. The van der Waals surface area contributed by atoms with Gasteiger partial charge in [0.05, 0.1) is 12.8 Å². The minimum Gasteiger partial charge on any atom is -0.480 e. The first kappa shape index (κ1) is 29.1. The van der Waals surface area contributed by atoms with Gasteiger partial charge >= 0.3 is 17.9 Å². The monoisotopic (exact) mass is 509 g/mol. The van der Waals surface area contributed by atoms with Gasteiger partial charge in [-0.3, -0.25) is 14.4 Å². The summed E-state index contributed by atoms with van der Waals surface area (Å²) in [6.45, 7) is 4.23. The van der Waals surface area contributed by atoms with Crippen molar-refractivity contribution in [2.24, 2.45) is 16.6 Å². The van der Waals surface area contributed by atoms with Gasteiger partial charge in [-0.1, -0.05) is 58.4 Å². The Balaban J connectivity index is 0.00000432. The van der Waals surface area contributed by atoms with Crippen LogP contribution in [0.5, 0.6) is 11.5 Å². The highest BCUT2D eigenvalue weighted by atomic mass is 35.5. The van der Waals surface area contributed by atoms with E-state index in [-0.39, 0.29) is 59.5 Å². The molecule has 0 aromatic heterocycles. The molecule has 196 valence electrons. The number of esters is 2. The minimum atomic E-state index is -1.11. The quantitative estimate of drug-likeness (QED) is 0.329. The van der Waals surface area contributed by atoms with E-state index in [4.69, 9.17) is 20.3 Å². The molecule has 7 nitrogen and oxygen atoms in total. The van der Waals surface area contributed by atoms with Crippen molar-refractivity contribution in [2.75, 3.05) is 0 Å². The van der Waals surface area contributed by atoms with Crippen LogP contribution in [0.25, 0.3) is 0 Å². The number of ether oxygens (including phenoxy) is 2. The van der Waals surface area contributed by atoms with Crippen LogP contribution in [0.3, 0.4) is 0 Å². The maximum absolute atomic E-state index is 12.9. The first-order valence-corrected chi connectivity index (χ1v) is 12.6. The fourth-order valence-electron chi connectivity index (χ4n) is 5.36. The smallest absolute Gasteiger partial charge is 0.320 e. The molecule has 0 spiro atoms. The number of hydrogen-bond donors (Lipinski definition) is 2. The molecule has 0 saturated heterocycles. The van der Waals surface area contributed by atoms with Gasteiger partial charge in [-0.15, -0.1) is 12.4 Å². The second-order valence-electron chi connectivity index (χ2n) is 11.0. The maximum atomic E-state index is 12.9. The molecule has 3 N–H and O–H groups in total. The molecule has 0 aliphatic heterocycles. The highest BCUT2D eigenvalue weighted by Gasteiger charge is 2.32. The van der Waals surface area contributed by atoms with Crippen LogP contribution in [0.2, 0.25) is 0 Å². The topological polar surface area (TPSA) is 116 Å². The molecule has 2 aliphatic rings. The Bertz CT molecular complexity index is 890. The zero-order chi connectivity index (χ0) is 24.8. The Morgan fingerprint density at radius 2 is 1.31 bits per heavy atom. The zero-order valence-corrected chi connectivity index (χ0v) is 21.8. The van der Waals surface area contributed by atoms with E-state index in [1.165, 1.54) is 12.8 Å². The van der Waals surface area contributed by atoms with Crippen LogP contribution in [0.1, 0.15) is 96.5 Å². The summed E-state index contributed by atoms with van der Waals surface area (Å²) in [7, 11) is 0. The number of rotatable bonds is 9. The maximum Gasteiger partial charge on any atom is 0.320 e. The summed E-state index contributed by atoms with van der Waals surface area (Å²) in [6.07, 6.45) is 11.5. The summed E-state index contributed by atoms with van der Waals surface area (Å²) in [5.74, 6) is -1.52. The fraction of sp³-hybridized carbons (Fsp3) is 0.667. The van der Waals surface area contributed by atoms with Crippen molar-refractivity contribution in [3.05, 3.63) is 23.8 Å². The zero-order valence-electron chi connectivity index (χ0n) is 21.0. The summed E-state index contributed by atoms with van der Waals surface area (Å²) >= 11 is 0. The first-order chi connectivity index (χ1) is 16.1. The molecule has 8 heteroatoms. The van der Waals surface area contributed by atoms with E-state index in [1.54, 1.807) is 18.2 Å². The van der Waals surface area contributed by atoms with Gasteiger partial charge < -0.3 is 20.3 Å². The molecule has 0 heterocycles. The van der Waals surface area contributed by atoms with Crippen LogP contribution in [0, 0.1) is 10.8 Å². The SMILES string of the molecule is CC1(CC(=O)Oc2ccc(C[C@H](N)C(=O)O)cc2OC(=O)CC2(C)CCCCC2)CCCCC1.Cl. The van der Waals surface area contributed by atoms with Crippen LogP contribution in [0.4, 0.5) is 0 Å². The van der Waals surface area contributed by atoms with Crippen molar-refractivity contribution in [3.8, 4) is 11.5 Å². The molecular formula is C27H40ClNO6. The predicted molar refractivity (Wildman–Crippen MR) is 136 cm³/mol. The predicted octanol–water partition coefficient (Wildman–Crippen LogP) is 5.59. The normalized spacial score (nSPS) is 19.6. The number of carboxylic acid groups (broad SMARTS) is 1. The number of halogens is 1. The summed E-state index contributed by atoms with van der Waals surface area (Å²) < 4.78 is 11.4. The lowest BCUT2D eigenvalue weighted by atomic mass is 9.73. The third-order valence-electron chi connectivity index (χ3n) is 7.49. The molecule has 2 aliphatic carbocycles. The third kappa shape index (κ3) is 8.80. The molecule has 1 aromatic carbocycles. The van der Waals surface area contributed by atoms with E-state index < -0.39 is 12.0 Å². The van der Waals surface area contributed by atoms with Gasteiger partial charge in [-0.25, -0.2) is 0 Å². The summed E-state index contributed by atoms with van der Waals surface area (Å²) in [4.78, 5) is 36.8. The molecule has 2 fully saturated rings. The van der Waals surface area contributed by atoms with Crippen molar-refractivity contribution in [3.63, 3.8) is 0 Å². The van der Waals surface area contributed by atoms with Gasteiger partial charge in [0, 0.05) is 0 Å². The molecule has 0 bridgehead atoms. The molecule has 0 radical (unpaired) electrons. The van der Waals surface area contributed by atoms with Crippen LogP contribution < -0.4 is 15.2 Å². The molecule has 0 amide bonds. The Kier molecular flexibility index (Phi) is 10.6. The molecular weight excluding hydrogens is 470 g/mol. The van der Waals surface area contributed by atoms with Gasteiger partial charge in [0.2, 0.25) is 0 Å².